The molecule has 0 aliphatic carbocycles. The van der Waals surface area contributed by atoms with Gasteiger partial charge in [0, 0.05) is 13.1 Å². The van der Waals surface area contributed by atoms with E-state index in [1.165, 1.54) is 12.2 Å². The van der Waals surface area contributed by atoms with Crippen molar-refractivity contribution in [1.29, 1.82) is 0 Å². The van der Waals surface area contributed by atoms with Crippen LogP contribution in [0, 0.1) is 0 Å². The van der Waals surface area contributed by atoms with Gasteiger partial charge in [0.15, 0.2) is 0 Å². The largest absolute Gasteiger partial charge is 0.277 e. The van der Waals surface area contributed by atoms with Gasteiger partial charge in [0.2, 0.25) is 0 Å². The minimum atomic E-state index is -3.60. The molecule has 12 heavy (non-hydrogen) atoms. The molecule has 0 saturated carbocycles. The highest BCUT2D eigenvalue weighted by Crippen LogP contribution is 1.93. The predicted molar refractivity (Wildman–Crippen MR) is 52.3 cm³/mol. The maximum Gasteiger partial charge on any atom is 0.277 e. The van der Waals surface area contributed by atoms with Crippen LogP contribution in [0.25, 0.3) is 0 Å². The fourth-order valence-corrected chi connectivity index (χ4v) is 1.20. The van der Waals surface area contributed by atoms with Crippen molar-refractivity contribution in [2.45, 2.75) is 0 Å². The summed E-state index contributed by atoms with van der Waals surface area (Å²) in [6, 6.07) is 0. The average Bonchev–Trinajstić information content (AvgIpc) is 1.85. The third kappa shape index (κ3) is 5.31. The molecule has 0 fully saturated rings. The van der Waals surface area contributed by atoms with Crippen molar-refractivity contribution < 1.29 is 8.42 Å². The minimum absolute atomic E-state index is 0. The smallest absolute Gasteiger partial charge is 0.216 e. The molecule has 0 atom stereocenters. The first-order valence-corrected chi connectivity index (χ1v) is 4.52. The van der Waals surface area contributed by atoms with E-state index >= 15 is 0 Å². The van der Waals surface area contributed by atoms with Crippen molar-refractivity contribution in [3.8, 4) is 0 Å². The van der Waals surface area contributed by atoms with Gasteiger partial charge in [0.05, 0.1) is 0 Å². The highest BCUT2D eigenvalue weighted by Gasteiger charge is 2.12. The zero-order valence-corrected chi connectivity index (χ0v) is 8.27. The van der Waals surface area contributed by atoms with Crippen LogP contribution in [-0.4, -0.2) is 25.8 Å². The van der Waals surface area contributed by atoms with E-state index in [1.807, 2.05) is 0 Å². The van der Waals surface area contributed by atoms with E-state index in [2.05, 4.69) is 13.2 Å². The standard InChI is InChI=1S/C6H12N2O2S.ClH/c1-3-5-8(6-4-2)11(7,9)10;/h3-4H,1-2,5-6H2,(H2,7,9,10);1H. The van der Waals surface area contributed by atoms with Gasteiger partial charge in [-0.3, -0.25) is 0 Å². The summed E-state index contributed by atoms with van der Waals surface area (Å²) in [5.41, 5.74) is 0. The van der Waals surface area contributed by atoms with E-state index in [-0.39, 0.29) is 25.5 Å². The van der Waals surface area contributed by atoms with E-state index < -0.39 is 10.2 Å². The van der Waals surface area contributed by atoms with E-state index in [0.29, 0.717) is 0 Å². The van der Waals surface area contributed by atoms with Crippen molar-refractivity contribution in [1.82, 2.24) is 4.31 Å². The van der Waals surface area contributed by atoms with Gasteiger partial charge in [-0.2, -0.15) is 12.7 Å². The van der Waals surface area contributed by atoms with Crippen LogP contribution < -0.4 is 5.14 Å². The lowest BCUT2D eigenvalue weighted by Crippen LogP contribution is -2.36. The Morgan fingerprint density at radius 2 is 1.58 bits per heavy atom. The molecule has 72 valence electrons. The lowest BCUT2D eigenvalue weighted by Gasteiger charge is -2.14. The van der Waals surface area contributed by atoms with Crippen LogP contribution in [0.1, 0.15) is 0 Å². The van der Waals surface area contributed by atoms with Crippen molar-refractivity contribution in [2.24, 2.45) is 5.14 Å². The SMILES string of the molecule is C=CCN(CC=C)S(N)(=O)=O.Cl. The summed E-state index contributed by atoms with van der Waals surface area (Å²) in [6.07, 6.45) is 2.93. The normalized spacial score (nSPS) is 10.5. The van der Waals surface area contributed by atoms with Gasteiger partial charge >= 0.3 is 0 Å². The first-order chi connectivity index (χ1) is 5.02. The number of nitrogens with zero attached hydrogens (tertiary/aromatic N) is 1. The van der Waals surface area contributed by atoms with Crippen LogP contribution in [-0.2, 0) is 10.2 Å². The third-order valence-electron chi connectivity index (χ3n) is 1.03. The number of hydrogen-bond donors (Lipinski definition) is 1. The van der Waals surface area contributed by atoms with Crippen molar-refractivity contribution in [3.63, 3.8) is 0 Å². The summed E-state index contributed by atoms with van der Waals surface area (Å²) in [4.78, 5) is 0. The molecule has 4 nitrogen and oxygen atoms in total. The molecule has 0 heterocycles. The number of halogens is 1. The number of rotatable bonds is 5. The lowest BCUT2D eigenvalue weighted by atomic mass is 10.5. The first kappa shape index (κ1) is 14.2. The van der Waals surface area contributed by atoms with E-state index in [0.717, 1.165) is 4.31 Å². The molecule has 6 heteroatoms. The Balaban J connectivity index is 0. The van der Waals surface area contributed by atoms with E-state index in [4.69, 9.17) is 5.14 Å². The lowest BCUT2D eigenvalue weighted by molar-refractivity contribution is 0.475. The Hall–Kier alpha value is -0.360. The second-order valence-corrected chi connectivity index (χ2v) is 3.49. The van der Waals surface area contributed by atoms with Gasteiger partial charge in [-0.1, -0.05) is 12.2 Å². The van der Waals surface area contributed by atoms with Crippen LogP contribution in [0.5, 0.6) is 0 Å². The molecule has 2 N–H and O–H groups in total. The van der Waals surface area contributed by atoms with Crippen molar-refractivity contribution in [3.05, 3.63) is 25.3 Å². The maximum atomic E-state index is 10.7. The molecule has 0 bridgehead atoms. The topological polar surface area (TPSA) is 63.4 Å². The van der Waals surface area contributed by atoms with Crippen molar-refractivity contribution >= 4 is 22.6 Å². The molecule has 0 aromatic heterocycles. The van der Waals surface area contributed by atoms with Crippen LogP contribution in [0.2, 0.25) is 0 Å². The second kappa shape index (κ2) is 6.19. The molecule has 0 aliphatic rings. The Kier molecular flexibility index (Phi) is 7.31. The van der Waals surface area contributed by atoms with E-state index in [9.17, 15) is 8.42 Å². The van der Waals surface area contributed by atoms with Crippen LogP contribution in [0.4, 0.5) is 0 Å². The number of hydrogen-bond acceptors (Lipinski definition) is 2. The predicted octanol–water partition coefficient (Wildman–Crippen LogP) is 0.286. The molecular weight excluding hydrogens is 200 g/mol. The zero-order valence-electron chi connectivity index (χ0n) is 6.64. The van der Waals surface area contributed by atoms with Gasteiger partial charge in [-0.15, -0.1) is 25.6 Å². The highest BCUT2D eigenvalue weighted by atomic mass is 35.5. The molecule has 0 spiro atoms. The summed E-state index contributed by atoms with van der Waals surface area (Å²) in [5.74, 6) is 0. The molecule has 0 unspecified atom stereocenters. The fourth-order valence-electron chi connectivity index (χ4n) is 0.570. The zero-order chi connectivity index (χ0) is 8.91. The van der Waals surface area contributed by atoms with Crippen LogP contribution in [0.15, 0.2) is 25.3 Å². The van der Waals surface area contributed by atoms with Gasteiger partial charge in [-0.25, -0.2) is 5.14 Å². The Bertz CT molecular complexity index is 228. The quantitative estimate of drug-likeness (QED) is 0.666. The van der Waals surface area contributed by atoms with Crippen LogP contribution >= 0.6 is 12.4 Å². The summed E-state index contributed by atoms with van der Waals surface area (Å²) >= 11 is 0. The first-order valence-electron chi connectivity index (χ1n) is 3.02. The summed E-state index contributed by atoms with van der Waals surface area (Å²) in [6.45, 7) is 7.23. The van der Waals surface area contributed by atoms with Gasteiger partial charge in [0.25, 0.3) is 10.2 Å². The average molecular weight is 213 g/mol. The molecule has 0 rings (SSSR count). The highest BCUT2D eigenvalue weighted by molar-refractivity contribution is 7.86. The molecule has 0 amide bonds. The Labute approximate surface area is 79.3 Å². The molecule has 0 aliphatic heterocycles. The van der Waals surface area contributed by atoms with Crippen molar-refractivity contribution in [2.75, 3.05) is 13.1 Å². The van der Waals surface area contributed by atoms with Crippen LogP contribution in [0.3, 0.4) is 0 Å². The number of nitrogens with two attached hydrogens (primary N) is 1. The second-order valence-electron chi connectivity index (χ2n) is 1.94. The van der Waals surface area contributed by atoms with Gasteiger partial charge < -0.3 is 0 Å². The molecule has 0 radical (unpaired) electrons. The van der Waals surface area contributed by atoms with Gasteiger partial charge in [-0.05, 0) is 0 Å². The molecule has 0 saturated heterocycles. The maximum absolute atomic E-state index is 10.7. The Morgan fingerprint density at radius 3 is 1.75 bits per heavy atom. The Morgan fingerprint density at radius 1 is 1.25 bits per heavy atom. The van der Waals surface area contributed by atoms with E-state index in [1.54, 1.807) is 0 Å². The monoisotopic (exact) mass is 212 g/mol. The molecule has 0 aromatic rings. The minimum Gasteiger partial charge on any atom is -0.216 e. The third-order valence-corrected chi connectivity index (χ3v) is 2.04. The summed E-state index contributed by atoms with van der Waals surface area (Å²) in [5, 5.41) is 4.85. The summed E-state index contributed by atoms with van der Waals surface area (Å²) < 4.78 is 22.5. The molecular formula is C6H13ClN2O2S. The summed E-state index contributed by atoms with van der Waals surface area (Å²) in [7, 11) is -3.60. The fraction of sp³-hybridized carbons (Fsp3) is 0.333. The molecule has 0 aromatic carbocycles. The van der Waals surface area contributed by atoms with Gasteiger partial charge in [0.1, 0.15) is 0 Å².